The Morgan fingerprint density at radius 3 is 2.67 bits per heavy atom. The van der Waals surface area contributed by atoms with Crippen LogP contribution in [0.4, 0.5) is 0 Å². The molecular weight excluding hydrogens is 284 g/mol. The Kier molecular flexibility index (Phi) is 4.77. The van der Waals surface area contributed by atoms with E-state index in [0.717, 1.165) is 43.6 Å². The topological polar surface area (TPSA) is 38.7 Å². The SMILES string of the molecule is COc1ccc(C(O)C2CCOC3(CCSCC3)C2)cc1. The first kappa shape index (κ1) is 15.2. The second-order valence-corrected chi connectivity index (χ2v) is 7.34. The molecule has 0 aromatic heterocycles. The van der Waals surface area contributed by atoms with E-state index in [2.05, 4.69) is 0 Å². The van der Waals surface area contributed by atoms with Crippen LogP contribution in [-0.4, -0.2) is 35.9 Å². The van der Waals surface area contributed by atoms with Crippen LogP contribution in [-0.2, 0) is 4.74 Å². The van der Waals surface area contributed by atoms with Gasteiger partial charge in [-0.15, -0.1) is 0 Å². The molecule has 2 heterocycles. The summed E-state index contributed by atoms with van der Waals surface area (Å²) in [5.74, 6) is 3.51. The van der Waals surface area contributed by atoms with E-state index < -0.39 is 6.10 Å². The fourth-order valence-corrected chi connectivity index (χ4v) is 4.74. The van der Waals surface area contributed by atoms with Gasteiger partial charge in [0.15, 0.2) is 0 Å². The van der Waals surface area contributed by atoms with E-state index in [-0.39, 0.29) is 5.60 Å². The van der Waals surface area contributed by atoms with Crippen LogP contribution in [0.5, 0.6) is 5.75 Å². The van der Waals surface area contributed by atoms with E-state index in [0.29, 0.717) is 5.92 Å². The van der Waals surface area contributed by atoms with Gasteiger partial charge in [-0.25, -0.2) is 0 Å². The number of hydrogen-bond acceptors (Lipinski definition) is 4. The summed E-state index contributed by atoms with van der Waals surface area (Å²) in [6.45, 7) is 0.780. The summed E-state index contributed by atoms with van der Waals surface area (Å²) in [4.78, 5) is 0. The van der Waals surface area contributed by atoms with Gasteiger partial charge in [0.25, 0.3) is 0 Å². The van der Waals surface area contributed by atoms with Gasteiger partial charge in [-0.05, 0) is 60.8 Å². The lowest BCUT2D eigenvalue weighted by atomic mass is 9.78. The summed E-state index contributed by atoms with van der Waals surface area (Å²) >= 11 is 2.02. The molecule has 4 heteroatoms. The van der Waals surface area contributed by atoms with Crippen LogP contribution in [0, 0.1) is 5.92 Å². The average molecular weight is 308 g/mol. The molecule has 3 rings (SSSR count). The second kappa shape index (κ2) is 6.59. The number of thioether (sulfide) groups is 1. The molecule has 116 valence electrons. The van der Waals surface area contributed by atoms with E-state index >= 15 is 0 Å². The lowest BCUT2D eigenvalue weighted by molar-refractivity contribution is -0.121. The molecule has 2 atom stereocenters. The quantitative estimate of drug-likeness (QED) is 0.928. The molecule has 0 saturated carbocycles. The number of ether oxygens (including phenoxy) is 2. The van der Waals surface area contributed by atoms with Crippen molar-refractivity contribution in [2.24, 2.45) is 5.92 Å². The zero-order chi connectivity index (χ0) is 14.7. The fraction of sp³-hybridized carbons (Fsp3) is 0.647. The first-order valence-electron chi connectivity index (χ1n) is 7.76. The molecule has 0 radical (unpaired) electrons. The monoisotopic (exact) mass is 308 g/mol. The van der Waals surface area contributed by atoms with Crippen LogP contribution < -0.4 is 4.74 Å². The maximum atomic E-state index is 10.7. The molecule has 2 fully saturated rings. The maximum Gasteiger partial charge on any atom is 0.118 e. The highest BCUT2D eigenvalue weighted by Gasteiger charge is 2.40. The molecule has 2 unspecified atom stereocenters. The lowest BCUT2D eigenvalue weighted by Gasteiger charge is -2.44. The first-order valence-corrected chi connectivity index (χ1v) is 8.92. The lowest BCUT2D eigenvalue weighted by Crippen LogP contribution is -2.44. The molecule has 1 N–H and O–H groups in total. The summed E-state index contributed by atoms with van der Waals surface area (Å²) in [5, 5.41) is 10.7. The summed E-state index contributed by atoms with van der Waals surface area (Å²) in [5.41, 5.74) is 1.02. The Morgan fingerprint density at radius 2 is 2.00 bits per heavy atom. The number of methoxy groups -OCH3 is 1. The van der Waals surface area contributed by atoms with Gasteiger partial charge in [0.05, 0.1) is 18.8 Å². The summed E-state index contributed by atoms with van der Waals surface area (Å²) in [6.07, 6.45) is 3.79. The number of hydrogen-bond donors (Lipinski definition) is 1. The molecular formula is C17H24O3S. The van der Waals surface area contributed by atoms with Crippen molar-refractivity contribution in [3.05, 3.63) is 29.8 Å². The van der Waals surface area contributed by atoms with Gasteiger partial charge in [0.2, 0.25) is 0 Å². The van der Waals surface area contributed by atoms with E-state index in [1.54, 1.807) is 7.11 Å². The minimum absolute atomic E-state index is 0.0294. The van der Waals surface area contributed by atoms with Gasteiger partial charge in [0, 0.05) is 6.61 Å². The summed E-state index contributed by atoms with van der Waals surface area (Å²) < 4.78 is 11.3. The molecule has 0 bridgehead atoms. The summed E-state index contributed by atoms with van der Waals surface area (Å²) in [6, 6.07) is 7.79. The van der Waals surface area contributed by atoms with Crippen molar-refractivity contribution in [2.45, 2.75) is 37.4 Å². The Bertz CT molecular complexity index is 448. The van der Waals surface area contributed by atoms with E-state index in [9.17, 15) is 5.11 Å². The molecule has 2 aliphatic rings. The van der Waals surface area contributed by atoms with Crippen molar-refractivity contribution in [3.63, 3.8) is 0 Å². The van der Waals surface area contributed by atoms with Crippen molar-refractivity contribution >= 4 is 11.8 Å². The van der Waals surface area contributed by atoms with Crippen LogP contribution in [0.1, 0.15) is 37.4 Å². The third-order valence-corrected chi connectivity index (χ3v) is 5.82. The van der Waals surface area contributed by atoms with Crippen LogP contribution in [0.15, 0.2) is 24.3 Å². The highest BCUT2D eigenvalue weighted by atomic mass is 32.2. The van der Waals surface area contributed by atoms with E-state index in [1.165, 1.54) is 11.5 Å². The van der Waals surface area contributed by atoms with Crippen LogP contribution in [0.2, 0.25) is 0 Å². The van der Waals surface area contributed by atoms with Crippen LogP contribution in [0.25, 0.3) is 0 Å². The molecule has 2 aliphatic heterocycles. The normalized spacial score (nSPS) is 26.5. The van der Waals surface area contributed by atoms with Crippen molar-refractivity contribution in [2.75, 3.05) is 25.2 Å². The van der Waals surface area contributed by atoms with Crippen molar-refractivity contribution in [1.29, 1.82) is 0 Å². The van der Waals surface area contributed by atoms with Gasteiger partial charge in [-0.2, -0.15) is 11.8 Å². The van der Waals surface area contributed by atoms with Gasteiger partial charge in [-0.3, -0.25) is 0 Å². The Labute approximate surface area is 131 Å². The zero-order valence-corrected chi connectivity index (χ0v) is 13.4. The van der Waals surface area contributed by atoms with Gasteiger partial charge in [0.1, 0.15) is 5.75 Å². The Balaban J connectivity index is 1.69. The minimum atomic E-state index is -0.397. The molecule has 0 aliphatic carbocycles. The molecule has 1 aromatic rings. The van der Waals surface area contributed by atoms with Gasteiger partial charge in [-0.1, -0.05) is 12.1 Å². The van der Waals surface area contributed by atoms with E-state index in [4.69, 9.17) is 9.47 Å². The standard InChI is InChI=1S/C17H24O3S/c1-19-15-4-2-13(3-5-15)16(18)14-6-9-20-17(12-14)7-10-21-11-8-17/h2-5,14,16,18H,6-12H2,1H3. The van der Waals surface area contributed by atoms with Crippen LogP contribution in [0.3, 0.4) is 0 Å². The van der Waals surface area contributed by atoms with E-state index in [1.807, 2.05) is 36.0 Å². The average Bonchev–Trinajstić information content (AvgIpc) is 2.55. The predicted octanol–water partition coefficient (Wildman–Crippen LogP) is 3.42. The van der Waals surface area contributed by atoms with Crippen molar-refractivity contribution in [3.8, 4) is 5.75 Å². The third kappa shape index (κ3) is 3.38. The highest BCUT2D eigenvalue weighted by molar-refractivity contribution is 7.99. The minimum Gasteiger partial charge on any atom is -0.497 e. The highest BCUT2D eigenvalue weighted by Crippen LogP contribution is 2.43. The third-order valence-electron chi connectivity index (χ3n) is 4.84. The van der Waals surface area contributed by atoms with Gasteiger partial charge < -0.3 is 14.6 Å². The first-order chi connectivity index (χ1) is 10.2. The second-order valence-electron chi connectivity index (χ2n) is 6.11. The molecule has 3 nitrogen and oxygen atoms in total. The number of rotatable bonds is 3. The van der Waals surface area contributed by atoms with Crippen molar-refractivity contribution in [1.82, 2.24) is 0 Å². The molecule has 21 heavy (non-hydrogen) atoms. The smallest absolute Gasteiger partial charge is 0.118 e. The van der Waals surface area contributed by atoms with Crippen molar-refractivity contribution < 1.29 is 14.6 Å². The Hall–Kier alpha value is -0.710. The Morgan fingerprint density at radius 1 is 1.29 bits per heavy atom. The number of aliphatic hydroxyl groups is 1. The largest absolute Gasteiger partial charge is 0.497 e. The zero-order valence-electron chi connectivity index (χ0n) is 12.6. The molecule has 2 saturated heterocycles. The molecule has 1 aromatic carbocycles. The summed E-state index contributed by atoms with van der Waals surface area (Å²) in [7, 11) is 1.66. The maximum absolute atomic E-state index is 10.7. The van der Waals surface area contributed by atoms with Crippen LogP contribution >= 0.6 is 11.8 Å². The fourth-order valence-electron chi connectivity index (χ4n) is 3.50. The molecule has 1 spiro atoms. The van der Waals surface area contributed by atoms with Gasteiger partial charge >= 0.3 is 0 Å². The molecule has 0 amide bonds. The number of benzene rings is 1. The number of aliphatic hydroxyl groups excluding tert-OH is 1. The predicted molar refractivity (Wildman–Crippen MR) is 85.9 cm³/mol.